The van der Waals surface area contributed by atoms with Crippen LogP contribution < -0.4 is 5.32 Å². The van der Waals surface area contributed by atoms with Gasteiger partial charge in [-0.2, -0.15) is 0 Å². The first kappa shape index (κ1) is 15.1. The Bertz CT molecular complexity index is 683. The molecule has 0 spiro atoms. The predicted octanol–water partition coefficient (Wildman–Crippen LogP) is 3.11. The summed E-state index contributed by atoms with van der Waals surface area (Å²) < 4.78 is 5.49. The van der Waals surface area contributed by atoms with Crippen LogP contribution in [-0.2, 0) is 4.79 Å². The van der Waals surface area contributed by atoms with Gasteiger partial charge >= 0.3 is 5.97 Å². The SMILES string of the molecule is CCC(CC)(NC(=O)c1cc2cc(C)ccc2o1)C(=O)O. The average Bonchev–Trinajstić information content (AvgIpc) is 2.87. The van der Waals surface area contributed by atoms with Crippen LogP contribution in [0, 0.1) is 6.92 Å². The second-order valence-corrected chi connectivity index (χ2v) is 5.20. The fraction of sp³-hybridized carbons (Fsp3) is 0.375. The molecule has 0 saturated carbocycles. The van der Waals surface area contributed by atoms with E-state index in [-0.39, 0.29) is 5.76 Å². The Morgan fingerprint density at radius 1 is 1.24 bits per heavy atom. The molecule has 2 N–H and O–H groups in total. The molecule has 0 aliphatic rings. The molecule has 0 bridgehead atoms. The Hall–Kier alpha value is -2.30. The van der Waals surface area contributed by atoms with Crippen LogP contribution in [0.5, 0.6) is 0 Å². The zero-order valence-electron chi connectivity index (χ0n) is 12.4. The summed E-state index contributed by atoms with van der Waals surface area (Å²) in [6, 6.07) is 7.24. The van der Waals surface area contributed by atoms with Crippen LogP contribution in [0.2, 0.25) is 0 Å². The van der Waals surface area contributed by atoms with Crippen molar-refractivity contribution in [2.45, 2.75) is 39.2 Å². The van der Waals surface area contributed by atoms with Crippen LogP contribution in [0.25, 0.3) is 11.0 Å². The van der Waals surface area contributed by atoms with Crippen molar-refractivity contribution in [3.05, 3.63) is 35.6 Å². The highest BCUT2D eigenvalue weighted by atomic mass is 16.4. The van der Waals surface area contributed by atoms with Crippen LogP contribution in [0.4, 0.5) is 0 Å². The summed E-state index contributed by atoms with van der Waals surface area (Å²) in [7, 11) is 0. The molecule has 0 radical (unpaired) electrons. The van der Waals surface area contributed by atoms with Crippen molar-refractivity contribution in [1.29, 1.82) is 0 Å². The number of carbonyl (C=O) groups is 2. The van der Waals surface area contributed by atoms with Gasteiger partial charge in [0.25, 0.3) is 5.91 Å². The number of carboxylic acid groups (broad SMARTS) is 1. The monoisotopic (exact) mass is 289 g/mol. The number of amides is 1. The van der Waals surface area contributed by atoms with Gasteiger partial charge in [-0.25, -0.2) is 4.79 Å². The van der Waals surface area contributed by atoms with E-state index in [2.05, 4.69) is 5.32 Å². The maximum atomic E-state index is 12.3. The number of carbonyl (C=O) groups excluding carboxylic acids is 1. The zero-order valence-corrected chi connectivity index (χ0v) is 12.4. The van der Waals surface area contributed by atoms with Gasteiger partial charge in [-0.05, 0) is 38.0 Å². The number of nitrogens with one attached hydrogen (secondary N) is 1. The maximum Gasteiger partial charge on any atom is 0.329 e. The van der Waals surface area contributed by atoms with Crippen molar-refractivity contribution >= 4 is 22.8 Å². The van der Waals surface area contributed by atoms with Crippen molar-refractivity contribution in [3.8, 4) is 0 Å². The fourth-order valence-electron chi connectivity index (χ4n) is 2.34. The summed E-state index contributed by atoms with van der Waals surface area (Å²) in [5, 5.41) is 12.8. The summed E-state index contributed by atoms with van der Waals surface area (Å²) in [5.74, 6) is -1.41. The molecule has 0 saturated heterocycles. The molecule has 0 fully saturated rings. The molecular weight excluding hydrogens is 270 g/mol. The minimum atomic E-state index is -1.26. The Morgan fingerprint density at radius 3 is 2.48 bits per heavy atom. The number of aryl methyl sites for hydroxylation is 1. The Kier molecular flexibility index (Phi) is 4.02. The van der Waals surface area contributed by atoms with Gasteiger partial charge in [0.05, 0.1) is 0 Å². The highest BCUT2D eigenvalue weighted by molar-refractivity contribution is 5.99. The lowest BCUT2D eigenvalue weighted by Crippen LogP contribution is -2.53. The van der Waals surface area contributed by atoms with Crippen LogP contribution >= 0.6 is 0 Å². The fourth-order valence-corrected chi connectivity index (χ4v) is 2.34. The number of fused-ring (bicyclic) bond motifs is 1. The van der Waals surface area contributed by atoms with Crippen LogP contribution in [-0.4, -0.2) is 22.5 Å². The van der Waals surface area contributed by atoms with E-state index in [1.807, 2.05) is 19.1 Å². The van der Waals surface area contributed by atoms with E-state index in [4.69, 9.17) is 4.42 Å². The molecule has 0 aliphatic carbocycles. The minimum Gasteiger partial charge on any atom is -0.480 e. The lowest BCUT2D eigenvalue weighted by molar-refractivity contribution is -0.144. The third kappa shape index (κ3) is 2.77. The molecule has 0 unspecified atom stereocenters. The molecule has 5 nitrogen and oxygen atoms in total. The molecule has 21 heavy (non-hydrogen) atoms. The average molecular weight is 289 g/mol. The number of benzene rings is 1. The van der Waals surface area contributed by atoms with Gasteiger partial charge in [-0.3, -0.25) is 4.79 Å². The molecule has 2 rings (SSSR count). The maximum absolute atomic E-state index is 12.3. The van der Waals surface area contributed by atoms with Crippen molar-refractivity contribution in [2.24, 2.45) is 0 Å². The van der Waals surface area contributed by atoms with Crippen LogP contribution in [0.1, 0.15) is 42.8 Å². The molecule has 1 aromatic carbocycles. The van der Waals surface area contributed by atoms with Crippen molar-refractivity contribution in [1.82, 2.24) is 5.32 Å². The summed E-state index contributed by atoms with van der Waals surface area (Å²) in [4.78, 5) is 23.7. The lowest BCUT2D eigenvalue weighted by Gasteiger charge is -2.27. The van der Waals surface area contributed by atoms with Crippen molar-refractivity contribution < 1.29 is 19.1 Å². The lowest BCUT2D eigenvalue weighted by atomic mass is 9.93. The van der Waals surface area contributed by atoms with E-state index in [9.17, 15) is 14.7 Å². The largest absolute Gasteiger partial charge is 0.480 e. The second-order valence-electron chi connectivity index (χ2n) is 5.20. The van der Waals surface area contributed by atoms with Crippen molar-refractivity contribution in [3.63, 3.8) is 0 Å². The van der Waals surface area contributed by atoms with E-state index in [1.165, 1.54) is 0 Å². The van der Waals surface area contributed by atoms with Gasteiger partial charge in [0, 0.05) is 5.39 Å². The summed E-state index contributed by atoms with van der Waals surface area (Å²) in [6.45, 7) is 5.43. The minimum absolute atomic E-state index is 0.128. The van der Waals surface area contributed by atoms with Crippen LogP contribution in [0.3, 0.4) is 0 Å². The highest BCUT2D eigenvalue weighted by Gasteiger charge is 2.37. The highest BCUT2D eigenvalue weighted by Crippen LogP contribution is 2.22. The summed E-state index contributed by atoms with van der Waals surface area (Å²) >= 11 is 0. The van der Waals surface area contributed by atoms with Crippen molar-refractivity contribution in [2.75, 3.05) is 0 Å². The second kappa shape index (κ2) is 5.60. The molecule has 1 amide bonds. The number of furan rings is 1. The van der Waals surface area contributed by atoms with E-state index < -0.39 is 17.4 Å². The summed E-state index contributed by atoms with van der Waals surface area (Å²) in [6.07, 6.45) is 0.619. The number of carboxylic acids is 1. The molecule has 2 aromatic rings. The first-order valence-corrected chi connectivity index (χ1v) is 6.98. The van der Waals surface area contributed by atoms with Crippen LogP contribution in [0.15, 0.2) is 28.7 Å². The molecule has 0 aliphatic heterocycles. The van der Waals surface area contributed by atoms with Gasteiger partial charge in [0.1, 0.15) is 11.1 Å². The number of hydrogen-bond donors (Lipinski definition) is 2. The number of aliphatic carboxylic acids is 1. The Morgan fingerprint density at radius 2 is 1.90 bits per heavy atom. The number of hydrogen-bond acceptors (Lipinski definition) is 3. The molecular formula is C16H19NO4. The Labute approximate surface area is 122 Å². The van der Waals surface area contributed by atoms with E-state index in [0.29, 0.717) is 18.4 Å². The molecule has 112 valence electrons. The molecule has 0 atom stereocenters. The third-order valence-corrected chi connectivity index (χ3v) is 3.86. The smallest absolute Gasteiger partial charge is 0.329 e. The zero-order chi connectivity index (χ0) is 15.6. The third-order valence-electron chi connectivity index (χ3n) is 3.86. The Balaban J connectivity index is 2.31. The van der Waals surface area contributed by atoms with E-state index in [1.54, 1.807) is 26.0 Å². The standard InChI is InChI=1S/C16H19NO4/c1-4-16(5-2,15(19)20)17-14(18)13-9-11-8-10(3)6-7-12(11)21-13/h6-9H,4-5H2,1-3H3,(H,17,18)(H,19,20). The van der Waals surface area contributed by atoms with Gasteiger partial charge < -0.3 is 14.8 Å². The molecule has 1 aromatic heterocycles. The first-order chi connectivity index (χ1) is 9.91. The van der Waals surface area contributed by atoms with Gasteiger partial charge in [-0.15, -0.1) is 0 Å². The number of rotatable bonds is 5. The van der Waals surface area contributed by atoms with E-state index in [0.717, 1.165) is 10.9 Å². The topological polar surface area (TPSA) is 79.5 Å². The molecule has 1 heterocycles. The quantitative estimate of drug-likeness (QED) is 0.886. The predicted molar refractivity (Wildman–Crippen MR) is 79.4 cm³/mol. The van der Waals surface area contributed by atoms with Gasteiger partial charge in [0.2, 0.25) is 0 Å². The normalized spacial score (nSPS) is 11.6. The van der Waals surface area contributed by atoms with Gasteiger partial charge in [-0.1, -0.05) is 25.5 Å². The summed E-state index contributed by atoms with van der Waals surface area (Å²) in [5.41, 5.74) is 0.420. The first-order valence-electron chi connectivity index (χ1n) is 6.98. The van der Waals surface area contributed by atoms with E-state index >= 15 is 0 Å². The molecule has 5 heteroatoms. The van der Waals surface area contributed by atoms with Gasteiger partial charge in [0.15, 0.2) is 5.76 Å².